The highest BCUT2D eigenvalue weighted by Crippen LogP contribution is 2.20. The Morgan fingerprint density at radius 1 is 1.42 bits per heavy atom. The zero-order chi connectivity index (χ0) is 14.0. The lowest BCUT2D eigenvalue weighted by atomic mass is 10.1. The predicted molar refractivity (Wildman–Crippen MR) is 77.3 cm³/mol. The topological polar surface area (TPSA) is 47.8 Å². The molecule has 0 fully saturated rings. The minimum atomic E-state index is 0.0433. The van der Waals surface area contributed by atoms with Gasteiger partial charge in [-0.2, -0.15) is 5.10 Å². The molecule has 4 nitrogen and oxygen atoms in total. The lowest BCUT2D eigenvalue weighted by Crippen LogP contribution is -2.13. The summed E-state index contributed by atoms with van der Waals surface area (Å²) in [4.78, 5) is 16.5. The Labute approximate surface area is 121 Å². The number of rotatable bonds is 4. The van der Waals surface area contributed by atoms with Crippen molar-refractivity contribution in [3.63, 3.8) is 0 Å². The lowest BCUT2D eigenvalue weighted by Gasteiger charge is -2.09. The number of halogens is 1. The maximum atomic E-state index is 12.3. The van der Waals surface area contributed by atoms with Gasteiger partial charge in [0.1, 0.15) is 12.2 Å². The fourth-order valence-electron chi connectivity index (χ4n) is 1.92. The van der Waals surface area contributed by atoms with E-state index in [9.17, 15) is 4.79 Å². The number of Topliss-reactive ketones (excluding diaryl/α,β-unsaturated/α-hetero) is 1. The van der Waals surface area contributed by atoms with Gasteiger partial charge in [0.25, 0.3) is 0 Å². The molecule has 5 heteroatoms. The van der Waals surface area contributed by atoms with Crippen molar-refractivity contribution in [2.75, 3.05) is 0 Å². The van der Waals surface area contributed by atoms with E-state index in [1.807, 2.05) is 39.0 Å². The second kappa shape index (κ2) is 5.65. The summed E-state index contributed by atoms with van der Waals surface area (Å²) in [5.74, 6) is 0.745. The fraction of sp³-hybridized carbons (Fsp3) is 0.357. The van der Waals surface area contributed by atoms with Gasteiger partial charge in [-0.3, -0.25) is 4.79 Å². The number of benzene rings is 1. The normalized spacial score (nSPS) is 11.0. The van der Waals surface area contributed by atoms with Crippen LogP contribution in [-0.2, 0) is 6.42 Å². The van der Waals surface area contributed by atoms with Crippen LogP contribution in [0.4, 0.5) is 0 Å². The summed E-state index contributed by atoms with van der Waals surface area (Å²) >= 11 is 3.44. The monoisotopic (exact) mass is 321 g/mol. The van der Waals surface area contributed by atoms with Gasteiger partial charge in [-0.05, 0) is 38.5 Å². The summed E-state index contributed by atoms with van der Waals surface area (Å²) in [6.45, 7) is 6.03. The van der Waals surface area contributed by atoms with Crippen molar-refractivity contribution in [3.05, 3.63) is 46.0 Å². The van der Waals surface area contributed by atoms with E-state index in [0.29, 0.717) is 11.4 Å². The standard InChI is InChI=1S/C14H16BrN3O/c1-9(2)18-14(16-8-17-18)7-13(19)11-5-4-10(3)6-12(11)15/h4-6,8-9H,7H2,1-3H3. The van der Waals surface area contributed by atoms with Crippen LogP contribution >= 0.6 is 15.9 Å². The number of ketones is 1. The van der Waals surface area contributed by atoms with Crippen LogP contribution in [0.5, 0.6) is 0 Å². The molecule has 19 heavy (non-hydrogen) atoms. The molecule has 1 heterocycles. The molecule has 1 aromatic heterocycles. The molecule has 0 saturated carbocycles. The molecular formula is C14H16BrN3O. The average molecular weight is 322 g/mol. The van der Waals surface area contributed by atoms with Gasteiger partial charge in [0, 0.05) is 16.1 Å². The molecule has 0 spiro atoms. The number of carbonyl (C=O) groups is 1. The van der Waals surface area contributed by atoms with Crippen LogP contribution in [0.25, 0.3) is 0 Å². The van der Waals surface area contributed by atoms with E-state index >= 15 is 0 Å². The minimum absolute atomic E-state index is 0.0433. The molecule has 2 aromatic rings. The van der Waals surface area contributed by atoms with Crippen LogP contribution in [-0.4, -0.2) is 20.5 Å². The van der Waals surface area contributed by atoms with Gasteiger partial charge < -0.3 is 0 Å². The molecule has 0 saturated heterocycles. The fourth-order valence-corrected chi connectivity index (χ4v) is 2.63. The first-order valence-electron chi connectivity index (χ1n) is 6.16. The maximum absolute atomic E-state index is 12.3. The molecule has 0 aliphatic carbocycles. The van der Waals surface area contributed by atoms with Gasteiger partial charge >= 0.3 is 0 Å². The van der Waals surface area contributed by atoms with E-state index in [1.165, 1.54) is 6.33 Å². The quantitative estimate of drug-likeness (QED) is 0.811. The molecule has 0 radical (unpaired) electrons. The Bertz CT molecular complexity index is 604. The van der Waals surface area contributed by atoms with Crippen LogP contribution in [0.2, 0.25) is 0 Å². The summed E-state index contributed by atoms with van der Waals surface area (Å²) < 4.78 is 2.60. The molecule has 0 atom stereocenters. The number of nitrogens with zero attached hydrogens (tertiary/aromatic N) is 3. The maximum Gasteiger partial charge on any atom is 0.171 e. The number of hydrogen-bond acceptors (Lipinski definition) is 3. The van der Waals surface area contributed by atoms with E-state index in [1.54, 1.807) is 4.68 Å². The minimum Gasteiger partial charge on any atom is -0.294 e. The highest BCUT2D eigenvalue weighted by Gasteiger charge is 2.15. The van der Waals surface area contributed by atoms with Crippen molar-refractivity contribution < 1.29 is 4.79 Å². The van der Waals surface area contributed by atoms with Gasteiger partial charge in [-0.25, -0.2) is 9.67 Å². The SMILES string of the molecule is Cc1ccc(C(=O)Cc2ncnn2C(C)C)c(Br)c1. The summed E-state index contributed by atoms with van der Waals surface area (Å²) in [6.07, 6.45) is 1.76. The molecule has 100 valence electrons. The number of hydrogen-bond donors (Lipinski definition) is 0. The highest BCUT2D eigenvalue weighted by atomic mass is 79.9. The molecule has 0 amide bonds. The molecular weight excluding hydrogens is 306 g/mol. The van der Waals surface area contributed by atoms with Gasteiger partial charge in [0.15, 0.2) is 5.78 Å². The van der Waals surface area contributed by atoms with Gasteiger partial charge in [-0.15, -0.1) is 0 Å². The second-order valence-electron chi connectivity index (χ2n) is 4.80. The van der Waals surface area contributed by atoms with Crippen molar-refractivity contribution >= 4 is 21.7 Å². The predicted octanol–water partition coefficient (Wildman–Crippen LogP) is 3.36. The highest BCUT2D eigenvalue weighted by molar-refractivity contribution is 9.10. The molecule has 0 N–H and O–H groups in total. The van der Waals surface area contributed by atoms with Crippen molar-refractivity contribution in [2.45, 2.75) is 33.2 Å². The number of aryl methyl sites for hydroxylation is 1. The Morgan fingerprint density at radius 3 is 2.79 bits per heavy atom. The third kappa shape index (κ3) is 3.10. The van der Waals surface area contributed by atoms with E-state index in [0.717, 1.165) is 10.0 Å². The molecule has 0 unspecified atom stereocenters. The van der Waals surface area contributed by atoms with Crippen LogP contribution in [0, 0.1) is 6.92 Å². The first-order chi connectivity index (χ1) is 8.99. The summed E-state index contributed by atoms with van der Waals surface area (Å²) in [5.41, 5.74) is 1.80. The number of carbonyl (C=O) groups excluding carboxylic acids is 1. The van der Waals surface area contributed by atoms with Crippen molar-refractivity contribution in [3.8, 4) is 0 Å². The zero-order valence-electron chi connectivity index (χ0n) is 11.2. The summed E-state index contributed by atoms with van der Waals surface area (Å²) in [7, 11) is 0. The largest absolute Gasteiger partial charge is 0.294 e. The lowest BCUT2D eigenvalue weighted by molar-refractivity contribution is 0.0988. The van der Waals surface area contributed by atoms with Crippen LogP contribution < -0.4 is 0 Å². The van der Waals surface area contributed by atoms with Gasteiger partial charge in [-0.1, -0.05) is 22.0 Å². The van der Waals surface area contributed by atoms with Crippen LogP contribution in [0.1, 0.15) is 41.6 Å². The second-order valence-corrected chi connectivity index (χ2v) is 5.65. The summed E-state index contributed by atoms with van der Waals surface area (Å²) in [6, 6.07) is 5.93. The molecule has 1 aromatic carbocycles. The van der Waals surface area contributed by atoms with Gasteiger partial charge in [0.2, 0.25) is 0 Å². The van der Waals surface area contributed by atoms with Crippen molar-refractivity contribution in [1.82, 2.24) is 14.8 Å². The van der Waals surface area contributed by atoms with E-state index in [2.05, 4.69) is 26.0 Å². The van der Waals surface area contributed by atoms with E-state index in [4.69, 9.17) is 0 Å². The first kappa shape index (κ1) is 13.9. The zero-order valence-corrected chi connectivity index (χ0v) is 12.8. The Morgan fingerprint density at radius 2 is 2.16 bits per heavy atom. The molecule has 0 aliphatic rings. The Kier molecular flexibility index (Phi) is 4.14. The molecule has 2 rings (SSSR count). The average Bonchev–Trinajstić information content (AvgIpc) is 2.76. The molecule has 0 aliphatic heterocycles. The smallest absolute Gasteiger partial charge is 0.171 e. The third-order valence-electron chi connectivity index (χ3n) is 2.88. The van der Waals surface area contributed by atoms with Crippen LogP contribution in [0.15, 0.2) is 29.0 Å². The van der Waals surface area contributed by atoms with Gasteiger partial charge in [0.05, 0.1) is 6.42 Å². The van der Waals surface area contributed by atoms with E-state index in [-0.39, 0.29) is 18.2 Å². The molecule has 0 bridgehead atoms. The van der Waals surface area contributed by atoms with Crippen LogP contribution in [0.3, 0.4) is 0 Å². The van der Waals surface area contributed by atoms with Crippen molar-refractivity contribution in [2.24, 2.45) is 0 Å². The third-order valence-corrected chi connectivity index (χ3v) is 3.54. The Hall–Kier alpha value is -1.49. The van der Waals surface area contributed by atoms with Crippen molar-refractivity contribution in [1.29, 1.82) is 0 Å². The number of aromatic nitrogens is 3. The first-order valence-corrected chi connectivity index (χ1v) is 6.96. The summed E-state index contributed by atoms with van der Waals surface area (Å²) in [5, 5.41) is 4.14. The Balaban J connectivity index is 2.23. The van der Waals surface area contributed by atoms with E-state index < -0.39 is 0 Å².